The molecule has 17 heavy (non-hydrogen) atoms. The van der Waals surface area contributed by atoms with E-state index in [9.17, 15) is 4.79 Å². The normalized spacial score (nSPS) is 12.1. The quantitative estimate of drug-likeness (QED) is 0.807. The van der Waals surface area contributed by atoms with Gasteiger partial charge in [0.15, 0.2) is 0 Å². The first kappa shape index (κ1) is 11.3. The molecule has 0 aliphatic carbocycles. The molecule has 1 amide bonds. The summed E-state index contributed by atoms with van der Waals surface area (Å²) in [5.74, 6) is -0.213. The molecule has 1 heterocycles. The molecule has 0 bridgehead atoms. The van der Waals surface area contributed by atoms with E-state index in [0.717, 1.165) is 5.69 Å². The molecule has 1 aromatic carbocycles. The summed E-state index contributed by atoms with van der Waals surface area (Å²) in [6, 6.07) is 6.66. The first-order valence-corrected chi connectivity index (χ1v) is 5.20. The molecule has 0 aliphatic rings. The van der Waals surface area contributed by atoms with Crippen LogP contribution in [0.2, 0.25) is 0 Å². The maximum Gasteiger partial charge on any atom is 0.240 e. The molecule has 88 valence electrons. The Bertz CT molecular complexity index is 489. The van der Waals surface area contributed by atoms with Gasteiger partial charge in [-0.25, -0.2) is 0 Å². The van der Waals surface area contributed by atoms with Crippen molar-refractivity contribution in [1.82, 2.24) is 15.0 Å². The van der Waals surface area contributed by atoms with Gasteiger partial charge < -0.3 is 11.1 Å². The number of amides is 1. The predicted molar refractivity (Wildman–Crippen MR) is 63.6 cm³/mol. The Kier molecular flexibility index (Phi) is 3.15. The number of carbonyl (C=O) groups excluding carboxylic acids is 1. The van der Waals surface area contributed by atoms with E-state index < -0.39 is 6.04 Å². The number of hydrogen-bond donors (Lipinski definition) is 2. The second-order valence-corrected chi connectivity index (χ2v) is 3.64. The molecular formula is C11H13N5O. The summed E-state index contributed by atoms with van der Waals surface area (Å²) in [6.07, 6.45) is 3.21. The van der Waals surface area contributed by atoms with Gasteiger partial charge in [-0.15, -0.1) is 0 Å². The van der Waals surface area contributed by atoms with Gasteiger partial charge in [0.05, 0.1) is 24.1 Å². The fourth-order valence-corrected chi connectivity index (χ4v) is 1.28. The van der Waals surface area contributed by atoms with E-state index >= 15 is 0 Å². The van der Waals surface area contributed by atoms with E-state index in [0.29, 0.717) is 5.69 Å². The van der Waals surface area contributed by atoms with E-state index in [2.05, 4.69) is 15.5 Å². The van der Waals surface area contributed by atoms with E-state index in [1.807, 2.05) is 12.1 Å². The predicted octanol–water partition coefficient (Wildman–Crippen LogP) is 0.553. The molecule has 0 spiro atoms. The summed E-state index contributed by atoms with van der Waals surface area (Å²) < 4.78 is 0. The summed E-state index contributed by atoms with van der Waals surface area (Å²) in [6.45, 7) is 1.64. The van der Waals surface area contributed by atoms with E-state index in [1.165, 1.54) is 4.80 Å². The highest BCUT2D eigenvalue weighted by molar-refractivity contribution is 5.94. The summed E-state index contributed by atoms with van der Waals surface area (Å²) >= 11 is 0. The first-order valence-electron chi connectivity index (χ1n) is 5.20. The number of nitrogens with zero attached hydrogens (tertiary/aromatic N) is 3. The van der Waals surface area contributed by atoms with Crippen LogP contribution in [-0.4, -0.2) is 26.9 Å². The fourth-order valence-electron chi connectivity index (χ4n) is 1.28. The second-order valence-electron chi connectivity index (χ2n) is 3.64. The topological polar surface area (TPSA) is 85.8 Å². The van der Waals surface area contributed by atoms with Gasteiger partial charge in [0, 0.05) is 5.69 Å². The highest BCUT2D eigenvalue weighted by atomic mass is 16.2. The van der Waals surface area contributed by atoms with Gasteiger partial charge in [0.25, 0.3) is 0 Å². The molecule has 2 aromatic rings. The Hall–Kier alpha value is -2.21. The minimum atomic E-state index is -0.526. The van der Waals surface area contributed by atoms with Crippen LogP contribution >= 0.6 is 0 Å². The molecular weight excluding hydrogens is 218 g/mol. The van der Waals surface area contributed by atoms with Crippen molar-refractivity contribution in [2.75, 3.05) is 5.32 Å². The van der Waals surface area contributed by atoms with Crippen LogP contribution in [0.1, 0.15) is 6.92 Å². The van der Waals surface area contributed by atoms with Crippen molar-refractivity contribution in [3.63, 3.8) is 0 Å². The standard InChI is InChI=1S/C11H13N5O/c1-8(12)11(17)15-9-2-4-10(5-3-9)16-13-6-7-14-16/h2-8H,12H2,1H3,(H,15,17). The summed E-state index contributed by atoms with van der Waals surface area (Å²) in [5.41, 5.74) is 6.98. The average molecular weight is 231 g/mol. The Morgan fingerprint density at radius 3 is 2.41 bits per heavy atom. The number of aromatic nitrogens is 3. The van der Waals surface area contributed by atoms with Crippen LogP contribution in [0, 0.1) is 0 Å². The maximum atomic E-state index is 11.4. The largest absolute Gasteiger partial charge is 0.325 e. The molecule has 1 unspecified atom stereocenters. The number of anilines is 1. The molecule has 3 N–H and O–H groups in total. The summed E-state index contributed by atoms with van der Waals surface area (Å²) in [7, 11) is 0. The number of hydrogen-bond acceptors (Lipinski definition) is 4. The van der Waals surface area contributed by atoms with Crippen molar-refractivity contribution < 1.29 is 4.79 Å². The third kappa shape index (κ3) is 2.67. The maximum absolute atomic E-state index is 11.4. The van der Waals surface area contributed by atoms with Gasteiger partial charge >= 0.3 is 0 Å². The van der Waals surface area contributed by atoms with Gasteiger partial charge in [-0.05, 0) is 31.2 Å². The lowest BCUT2D eigenvalue weighted by Crippen LogP contribution is -2.32. The minimum Gasteiger partial charge on any atom is -0.325 e. The fraction of sp³-hybridized carbons (Fsp3) is 0.182. The Morgan fingerprint density at radius 2 is 1.88 bits per heavy atom. The number of carbonyl (C=O) groups is 1. The third-order valence-corrected chi connectivity index (χ3v) is 2.20. The number of nitrogens with one attached hydrogen (secondary N) is 1. The Labute approximate surface area is 98.4 Å². The van der Waals surface area contributed by atoms with Crippen molar-refractivity contribution in [3.05, 3.63) is 36.7 Å². The van der Waals surface area contributed by atoms with Crippen molar-refractivity contribution in [2.24, 2.45) is 5.73 Å². The van der Waals surface area contributed by atoms with Gasteiger partial charge in [-0.2, -0.15) is 15.0 Å². The zero-order valence-corrected chi connectivity index (χ0v) is 9.37. The lowest BCUT2D eigenvalue weighted by molar-refractivity contribution is -0.117. The molecule has 6 nitrogen and oxygen atoms in total. The number of nitrogens with two attached hydrogens (primary N) is 1. The van der Waals surface area contributed by atoms with Crippen LogP contribution < -0.4 is 11.1 Å². The van der Waals surface area contributed by atoms with Crippen LogP contribution in [0.3, 0.4) is 0 Å². The zero-order chi connectivity index (χ0) is 12.3. The van der Waals surface area contributed by atoms with Crippen molar-refractivity contribution in [3.8, 4) is 5.69 Å². The third-order valence-electron chi connectivity index (χ3n) is 2.20. The van der Waals surface area contributed by atoms with Crippen LogP contribution in [0.4, 0.5) is 5.69 Å². The van der Waals surface area contributed by atoms with Crippen LogP contribution in [0.25, 0.3) is 5.69 Å². The molecule has 0 aliphatic heterocycles. The smallest absolute Gasteiger partial charge is 0.240 e. The molecule has 6 heteroatoms. The molecule has 0 radical (unpaired) electrons. The molecule has 1 atom stereocenters. The molecule has 0 saturated heterocycles. The van der Waals surface area contributed by atoms with Gasteiger partial charge in [-0.3, -0.25) is 4.79 Å². The zero-order valence-electron chi connectivity index (χ0n) is 9.37. The van der Waals surface area contributed by atoms with E-state index in [-0.39, 0.29) is 5.91 Å². The highest BCUT2D eigenvalue weighted by Gasteiger charge is 2.07. The van der Waals surface area contributed by atoms with Gasteiger partial charge in [0.2, 0.25) is 5.91 Å². The summed E-state index contributed by atoms with van der Waals surface area (Å²) in [5, 5.41) is 10.7. The van der Waals surface area contributed by atoms with Crippen molar-refractivity contribution >= 4 is 11.6 Å². The van der Waals surface area contributed by atoms with E-state index in [4.69, 9.17) is 5.73 Å². The van der Waals surface area contributed by atoms with Crippen LogP contribution in [-0.2, 0) is 4.79 Å². The monoisotopic (exact) mass is 231 g/mol. The number of benzene rings is 1. The highest BCUT2D eigenvalue weighted by Crippen LogP contribution is 2.11. The minimum absolute atomic E-state index is 0.213. The van der Waals surface area contributed by atoms with Crippen molar-refractivity contribution in [2.45, 2.75) is 13.0 Å². The molecule has 0 saturated carbocycles. The van der Waals surface area contributed by atoms with Gasteiger partial charge in [-0.1, -0.05) is 0 Å². The van der Waals surface area contributed by atoms with Crippen molar-refractivity contribution in [1.29, 1.82) is 0 Å². The van der Waals surface area contributed by atoms with Crippen LogP contribution in [0.5, 0.6) is 0 Å². The summed E-state index contributed by atoms with van der Waals surface area (Å²) in [4.78, 5) is 12.9. The number of rotatable bonds is 3. The average Bonchev–Trinajstić information content (AvgIpc) is 2.83. The van der Waals surface area contributed by atoms with Crippen LogP contribution in [0.15, 0.2) is 36.7 Å². The molecule has 1 aromatic heterocycles. The Balaban J connectivity index is 2.11. The SMILES string of the molecule is CC(N)C(=O)Nc1ccc(-n2nccn2)cc1. The molecule has 2 rings (SSSR count). The Morgan fingerprint density at radius 1 is 1.29 bits per heavy atom. The lowest BCUT2D eigenvalue weighted by atomic mass is 10.2. The van der Waals surface area contributed by atoms with Gasteiger partial charge in [0.1, 0.15) is 0 Å². The molecule has 0 fully saturated rings. The second kappa shape index (κ2) is 4.75. The lowest BCUT2D eigenvalue weighted by Gasteiger charge is -2.08. The first-order chi connectivity index (χ1) is 8.16. The van der Waals surface area contributed by atoms with E-state index in [1.54, 1.807) is 31.5 Å².